The number of rotatable bonds is 3. The number of nitrogen functional groups attached to an aromatic ring is 1. The van der Waals surface area contributed by atoms with Gasteiger partial charge in [-0.1, -0.05) is 0 Å². The van der Waals surface area contributed by atoms with Gasteiger partial charge in [0.1, 0.15) is 5.82 Å². The average molecular weight is 310 g/mol. The Hall–Kier alpha value is -1.87. The summed E-state index contributed by atoms with van der Waals surface area (Å²) in [5, 5.41) is 4.30. The van der Waals surface area contributed by atoms with Gasteiger partial charge >= 0.3 is 0 Å². The fraction of sp³-hybridized carbons (Fsp3) is 0.500. The Morgan fingerprint density at radius 1 is 1.33 bits per heavy atom. The Balaban J connectivity index is 1.71. The van der Waals surface area contributed by atoms with Crippen LogP contribution in [0.3, 0.4) is 0 Å². The van der Waals surface area contributed by atoms with Crippen LogP contribution in [0.15, 0.2) is 29.8 Å². The number of hydrogen-bond acceptors (Lipinski definition) is 5. The predicted molar refractivity (Wildman–Crippen MR) is 76.9 cm³/mol. The first-order valence-electron chi connectivity index (χ1n) is 6.75. The summed E-state index contributed by atoms with van der Waals surface area (Å²) in [6.07, 6.45) is 6.28. The van der Waals surface area contributed by atoms with Gasteiger partial charge in [0.05, 0.1) is 12.4 Å². The quantitative estimate of drug-likeness (QED) is 0.874. The molecule has 8 nitrogen and oxygen atoms in total. The minimum Gasteiger partial charge on any atom is -0.382 e. The molecule has 0 amide bonds. The number of piperidine rings is 1. The predicted octanol–water partition coefficient (Wildman–Crippen LogP) is 0.225. The van der Waals surface area contributed by atoms with Gasteiger partial charge in [0.2, 0.25) is 0 Å². The van der Waals surface area contributed by atoms with Gasteiger partial charge in [-0.15, -0.1) is 0 Å². The first-order chi connectivity index (χ1) is 9.96. The molecular weight excluding hydrogens is 292 g/mol. The highest BCUT2D eigenvalue weighted by Crippen LogP contribution is 2.26. The van der Waals surface area contributed by atoms with Gasteiger partial charge in [0.15, 0.2) is 5.03 Å². The first-order valence-corrected chi connectivity index (χ1v) is 8.19. The van der Waals surface area contributed by atoms with Gasteiger partial charge in [0.25, 0.3) is 10.0 Å². The molecule has 0 unspecified atom stereocenters. The van der Waals surface area contributed by atoms with Crippen molar-refractivity contribution in [3.05, 3.63) is 24.8 Å². The van der Waals surface area contributed by atoms with E-state index in [1.807, 2.05) is 10.9 Å². The van der Waals surface area contributed by atoms with Crippen LogP contribution in [-0.2, 0) is 17.1 Å². The molecule has 1 fully saturated rings. The molecule has 1 aliphatic rings. The molecule has 2 aromatic rings. The summed E-state index contributed by atoms with van der Waals surface area (Å²) in [6.45, 7) is 0.923. The van der Waals surface area contributed by atoms with E-state index in [1.165, 1.54) is 16.8 Å². The molecule has 21 heavy (non-hydrogen) atoms. The van der Waals surface area contributed by atoms with Crippen LogP contribution in [0.2, 0.25) is 0 Å². The molecule has 3 rings (SSSR count). The Labute approximate surface area is 123 Å². The van der Waals surface area contributed by atoms with Crippen molar-refractivity contribution < 1.29 is 8.42 Å². The molecule has 0 bridgehead atoms. The molecule has 2 aromatic heterocycles. The highest BCUT2D eigenvalue weighted by molar-refractivity contribution is 7.89. The van der Waals surface area contributed by atoms with Crippen molar-refractivity contribution in [2.24, 2.45) is 7.05 Å². The lowest BCUT2D eigenvalue weighted by atomic mass is 10.1. The highest BCUT2D eigenvalue weighted by atomic mass is 32.2. The standard InChI is InChI=1S/C12H18N6O2S/c1-16-8-12(14-9-16)21(19,20)17-5-2-10(3-6-17)18-7-4-11(13)15-18/h4,7-10H,2-3,5-6H2,1H3,(H2,13,15). The maximum atomic E-state index is 12.5. The molecule has 1 aliphatic heterocycles. The lowest BCUT2D eigenvalue weighted by molar-refractivity contribution is 0.261. The zero-order valence-electron chi connectivity index (χ0n) is 11.8. The third kappa shape index (κ3) is 2.66. The van der Waals surface area contributed by atoms with Gasteiger partial charge < -0.3 is 10.3 Å². The zero-order chi connectivity index (χ0) is 15.0. The molecule has 3 heterocycles. The molecule has 0 spiro atoms. The molecule has 0 saturated carbocycles. The number of aromatic nitrogens is 4. The summed E-state index contributed by atoms with van der Waals surface area (Å²) < 4.78 is 29.8. The molecule has 2 N–H and O–H groups in total. The molecule has 114 valence electrons. The summed E-state index contributed by atoms with van der Waals surface area (Å²) in [4.78, 5) is 3.94. The second-order valence-corrected chi connectivity index (χ2v) is 7.12. The maximum absolute atomic E-state index is 12.5. The topological polar surface area (TPSA) is 99.0 Å². The molecule has 9 heteroatoms. The summed E-state index contributed by atoms with van der Waals surface area (Å²) in [7, 11) is -1.74. The number of nitrogens with two attached hydrogens (primary N) is 1. The number of aryl methyl sites for hydroxylation is 1. The zero-order valence-corrected chi connectivity index (χ0v) is 12.6. The Morgan fingerprint density at radius 2 is 2.05 bits per heavy atom. The fourth-order valence-corrected chi connectivity index (χ4v) is 3.99. The maximum Gasteiger partial charge on any atom is 0.262 e. The first kappa shape index (κ1) is 14.1. The van der Waals surface area contributed by atoms with E-state index in [0.717, 1.165) is 0 Å². The van der Waals surface area contributed by atoms with Gasteiger partial charge in [-0.05, 0) is 18.9 Å². The van der Waals surface area contributed by atoms with Gasteiger partial charge in [-0.2, -0.15) is 9.40 Å². The molecule has 0 atom stereocenters. The van der Waals surface area contributed by atoms with Crippen molar-refractivity contribution in [2.45, 2.75) is 23.9 Å². The smallest absolute Gasteiger partial charge is 0.262 e. The van der Waals surface area contributed by atoms with Gasteiger partial charge in [-0.25, -0.2) is 13.4 Å². The lowest BCUT2D eigenvalue weighted by Gasteiger charge is -2.30. The normalized spacial score (nSPS) is 18.1. The number of anilines is 1. The summed E-state index contributed by atoms with van der Waals surface area (Å²) in [5.41, 5.74) is 5.61. The van der Waals surface area contributed by atoms with Gasteiger partial charge in [-0.3, -0.25) is 4.68 Å². The third-order valence-corrected chi connectivity index (χ3v) is 5.50. The van der Waals surface area contributed by atoms with Gasteiger partial charge in [0, 0.05) is 32.5 Å². The monoisotopic (exact) mass is 310 g/mol. The number of hydrogen-bond donors (Lipinski definition) is 1. The van der Waals surface area contributed by atoms with E-state index in [-0.39, 0.29) is 11.1 Å². The number of nitrogens with zero attached hydrogens (tertiary/aromatic N) is 5. The van der Waals surface area contributed by atoms with Crippen LogP contribution in [0.5, 0.6) is 0 Å². The Morgan fingerprint density at radius 3 is 2.57 bits per heavy atom. The van der Waals surface area contributed by atoms with Crippen LogP contribution in [0.25, 0.3) is 0 Å². The van der Waals surface area contributed by atoms with E-state index in [4.69, 9.17) is 5.73 Å². The molecule has 0 aliphatic carbocycles. The van der Waals surface area contributed by atoms with E-state index in [0.29, 0.717) is 31.7 Å². The van der Waals surface area contributed by atoms with E-state index in [1.54, 1.807) is 17.7 Å². The van der Waals surface area contributed by atoms with Crippen molar-refractivity contribution in [1.29, 1.82) is 0 Å². The fourth-order valence-electron chi connectivity index (χ4n) is 2.56. The van der Waals surface area contributed by atoms with Crippen molar-refractivity contribution in [3.63, 3.8) is 0 Å². The van der Waals surface area contributed by atoms with E-state index in [9.17, 15) is 8.42 Å². The summed E-state index contributed by atoms with van der Waals surface area (Å²) in [6, 6.07) is 1.94. The number of imidazole rings is 1. The largest absolute Gasteiger partial charge is 0.382 e. The molecule has 0 radical (unpaired) electrons. The van der Waals surface area contributed by atoms with E-state index in [2.05, 4.69) is 10.1 Å². The Bertz CT molecular complexity index is 727. The van der Waals surface area contributed by atoms with Crippen LogP contribution in [0, 0.1) is 0 Å². The van der Waals surface area contributed by atoms with Crippen molar-refractivity contribution in [1.82, 2.24) is 23.6 Å². The van der Waals surface area contributed by atoms with Crippen LogP contribution in [0.4, 0.5) is 5.82 Å². The minimum absolute atomic E-state index is 0.104. The minimum atomic E-state index is -3.49. The van der Waals surface area contributed by atoms with Crippen LogP contribution >= 0.6 is 0 Å². The van der Waals surface area contributed by atoms with Crippen molar-refractivity contribution >= 4 is 15.8 Å². The van der Waals surface area contributed by atoms with Crippen LogP contribution < -0.4 is 5.73 Å². The average Bonchev–Trinajstić information content (AvgIpc) is 3.08. The third-order valence-electron chi connectivity index (χ3n) is 3.71. The SMILES string of the molecule is Cn1cnc(S(=O)(=O)N2CCC(n3ccc(N)n3)CC2)c1. The van der Waals surface area contributed by atoms with E-state index >= 15 is 0 Å². The lowest BCUT2D eigenvalue weighted by Crippen LogP contribution is -2.39. The second-order valence-electron chi connectivity index (χ2n) is 5.23. The number of sulfonamides is 1. The van der Waals surface area contributed by atoms with Crippen molar-refractivity contribution in [2.75, 3.05) is 18.8 Å². The highest BCUT2D eigenvalue weighted by Gasteiger charge is 2.31. The second kappa shape index (κ2) is 5.15. The molecular formula is C12H18N6O2S. The molecule has 1 saturated heterocycles. The van der Waals surface area contributed by atoms with Crippen LogP contribution in [0.1, 0.15) is 18.9 Å². The molecule has 0 aromatic carbocycles. The summed E-state index contributed by atoms with van der Waals surface area (Å²) >= 11 is 0. The van der Waals surface area contributed by atoms with E-state index < -0.39 is 10.0 Å². The summed E-state index contributed by atoms with van der Waals surface area (Å²) in [5.74, 6) is 0.485. The van der Waals surface area contributed by atoms with Crippen LogP contribution in [-0.4, -0.2) is 45.1 Å². The Kier molecular flexibility index (Phi) is 3.46. The van der Waals surface area contributed by atoms with Crippen molar-refractivity contribution in [3.8, 4) is 0 Å².